The topological polar surface area (TPSA) is 41.3 Å². The van der Waals surface area contributed by atoms with Crippen LogP contribution in [0.2, 0.25) is 5.02 Å². The van der Waals surface area contributed by atoms with Crippen molar-refractivity contribution in [2.75, 3.05) is 4.90 Å². The van der Waals surface area contributed by atoms with E-state index >= 15 is 0 Å². The average molecular weight is 388 g/mol. The van der Waals surface area contributed by atoms with Crippen molar-refractivity contribution >= 4 is 29.1 Å². The Bertz CT molecular complexity index is 1040. The summed E-state index contributed by atoms with van der Waals surface area (Å²) in [5.41, 5.74) is 4.01. The van der Waals surface area contributed by atoms with E-state index in [-0.39, 0.29) is 35.6 Å². The molecule has 0 N–H and O–H groups in total. The molecule has 28 heavy (non-hydrogen) atoms. The minimum absolute atomic E-state index is 0.110. The maximum absolute atomic E-state index is 13.5. The molecule has 0 radical (unpaired) electrons. The number of hydrogen-bond donors (Lipinski definition) is 0. The van der Waals surface area contributed by atoms with E-state index in [0.29, 0.717) is 10.7 Å². The summed E-state index contributed by atoms with van der Waals surface area (Å²) in [6.45, 7) is 0. The van der Waals surface area contributed by atoms with Gasteiger partial charge in [-0.05, 0) is 29.8 Å². The van der Waals surface area contributed by atoms with Gasteiger partial charge in [0.1, 0.15) is 5.92 Å². The fraction of sp³-hybridized carbons (Fsp3) is 0.174. The lowest BCUT2D eigenvalue weighted by Gasteiger charge is -2.40. The van der Waals surface area contributed by atoms with Crippen LogP contribution in [0.4, 0.5) is 5.69 Å². The first kappa shape index (κ1) is 16.0. The predicted octanol–water partition coefficient (Wildman–Crippen LogP) is 3.48. The number of imide groups is 1. The SMILES string of the molecule is O=C1C2C3c4ccccc4C(C2C(=O)N1c1ccc(Cl)cc1)[n+]1ccccc13. The molecule has 136 valence electrons. The number of benzene rings is 2. The molecule has 1 aromatic heterocycles. The van der Waals surface area contributed by atoms with Gasteiger partial charge < -0.3 is 0 Å². The van der Waals surface area contributed by atoms with Crippen molar-refractivity contribution in [3.8, 4) is 0 Å². The van der Waals surface area contributed by atoms with Crippen molar-refractivity contribution in [3.05, 3.63) is 94.8 Å². The third-order valence-corrected chi connectivity index (χ3v) is 6.63. The van der Waals surface area contributed by atoms with Crippen LogP contribution in [-0.2, 0) is 9.59 Å². The predicted molar refractivity (Wildman–Crippen MR) is 104 cm³/mol. The highest BCUT2D eigenvalue weighted by atomic mass is 35.5. The van der Waals surface area contributed by atoms with E-state index in [1.54, 1.807) is 24.3 Å². The summed E-state index contributed by atoms with van der Waals surface area (Å²) in [5, 5.41) is 0.579. The summed E-state index contributed by atoms with van der Waals surface area (Å²) >= 11 is 6.00. The second-order valence-electron chi connectivity index (χ2n) is 7.62. The van der Waals surface area contributed by atoms with E-state index in [1.807, 2.05) is 30.5 Å². The van der Waals surface area contributed by atoms with Gasteiger partial charge in [-0.3, -0.25) is 9.59 Å². The largest absolute Gasteiger partial charge is 0.274 e. The quantitative estimate of drug-likeness (QED) is 0.474. The number of carbonyl (C=O) groups is 2. The maximum atomic E-state index is 13.5. The summed E-state index contributed by atoms with van der Waals surface area (Å²) in [5.74, 6) is -1.10. The zero-order chi connectivity index (χ0) is 19.0. The first-order valence-electron chi connectivity index (χ1n) is 9.39. The van der Waals surface area contributed by atoms with Gasteiger partial charge in [0.25, 0.3) is 0 Å². The minimum Gasteiger partial charge on any atom is -0.274 e. The molecule has 3 aliphatic heterocycles. The Labute approximate surface area is 167 Å². The number of halogens is 1. The third-order valence-electron chi connectivity index (χ3n) is 6.37. The van der Waals surface area contributed by atoms with E-state index in [9.17, 15) is 9.59 Å². The van der Waals surface area contributed by atoms with Crippen molar-refractivity contribution in [3.63, 3.8) is 0 Å². The zero-order valence-electron chi connectivity index (χ0n) is 14.8. The molecule has 4 aliphatic rings. The lowest BCUT2D eigenvalue weighted by Crippen LogP contribution is -2.59. The van der Waals surface area contributed by atoms with Crippen LogP contribution in [-0.4, -0.2) is 11.8 Å². The number of hydrogen-bond acceptors (Lipinski definition) is 2. The van der Waals surface area contributed by atoms with Gasteiger partial charge in [0, 0.05) is 22.7 Å². The molecule has 4 heterocycles. The first-order valence-corrected chi connectivity index (χ1v) is 9.77. The van der Waals surface area contributed by atoms with Crippen LogP contribution in [0.5, 0.6) is 0 Å². The number of anilines is 1. The highest BCUT2D eigenvalue weighted by Crippen LogP contribution is 2.55. The van der Waals surface area contributed by atoms with Crippen LogP contribution in [0.3, 0.4) is 0 Å². The molecule has 4 unspecified atom stereocenters. The van der Waals surface area contributed by atoms with Gasteiger partial charge in [0.05, 0.1) is 17.5 Å². The van der Waals surface area contributed by atoms with Crippen molar-refractivity contribution in [2.24, 2.45) is 11.8 Å². The van der Waals surface area contributed by atoms with E-state index in [1.165, 1.54) is 10.5 Å². The maximum Gasteiger partial charge on any atom is 0.244 e. The second kappa shape index (κ2) is 5.52. The monoisotopic (exact) mass is 387 g/mol. The summed E-state index contributed by atoms with van der Waals surface area (Å²) in [6, 6.07) is 21.0. The summed E-state index contributed by atoms with van der Waals surface area (Å²) in [4.78, 5) is 28.4. The lowest BCUT2D eigenvalue weighted by molar-refractivity contribution is -0.736. The van der Waals surface area contributed by atoms with Gasteiger partial charge in [0.15, 0.2) is 17.9 Å². The lowest BCUT2D eigenvalue weighted by atomic mass is 9.63. The van der Waals surface area contributed by atoms with Gasteiger partial charge in [-0.2, -0.15) is 4.57 Å². The van der Waals surface area contributed by atoms with Crippen LogP contribution in [0.25, 0.3) is 0 Å². The Hall–Kier alpha value is -2.98. The number of carbonyl (C=O) groups excluding carboxylic acids is 2. The smallest absolute Gasteiger partial charge is 0.244 e. The molecule has 5 heteroatoms. The minimum atomic E-state index is -0.386. The standard InChI is InChI=1S/C23H16ClN2O2/c24-13-8-10-14(11-9-13)26-22(27)19-18-15-5-1-2-6-16(15)21(20(19)23(26)28)25-12-4-3-7-17(18)25/h1-12,18-21H/q+1. The molecule has 1 aliphatic carbocycles. The Morgan fingerprint density at radius 3 is 2.25 bits per heavy atom. The molecule has 0 spiro atoms. The van der Waals surface area contributed by atoms with Gasteiger partial charge in [-0.15, -0.1) is 0 Å². The number of rotatable bonds is 1. The number of pyridine rings is 1. The van der Waals surface area contributed by atoms with Crippen molar-refractivity contribution in [1.29, 1.82) is 0 Å². The summed E-state index contributed by atoms with van der Waals surface area (Å²) < 4.78 is 2.19. The number of nitrogens with zero attached hydrogens (tertiary/aromatic N) is 2. The van der Waals surface area contributed by atoms with Gasteiger partial charge in [-0.1, -0.05) is 41.9 Å². The Kier molecular flexibility index (Phi) is 3.16. The number of aromatic nitrogens is 1. The highest BCUT2D eigenvalue weighted by molar-refractivity contribution is 6.30. The molecule has 2 aromatic carbocycles. The molecule has 4 atom stereocenters. The van der Waals surface area contributed by atoms with Crippen molar-refractivity contribution in [2.45, 2.75) is 12.0 Å². The fourth-order valence-electron chi connectivity index (χ4n) is 5.34. The van der Waals surface area contributed by atoms with E-state index < -0.39 is 0 Å². The Balaban J connectivity index is 1.57. The Morgan fingerprint density at radius 2 is 1.46 bits per heavy atom. The molecule has 3 aromatic rings. The highest BCUT2D eigenvalue weighted by Gasteiger charge is 2.66. The van der Waals surface area contributed by atoms with Crippen molar-refractivity contribution < 1.29 is 14.2 Å². The molecule has 2 bridgehead atoms. The normalized spacial score (nSPS) is 26.8. The molecule has 1 fully saturated rings. The first-order chi connectivity index (χ1) is 13.7. The van der Waals surface area contributed by atoms with Crippen LogP contribution >= 0.6 is 11.6 Å². The molecular weight excluding hydrogens is 372 g/mol. The van der Waals surface area contributed by atoms with Gasteiger partial charge in [-0.25, -0.2) is 4.90 Å². The van der Waals surface area contributed by atoms with Crippen LogP contribution in [0.1, 0.15) is 28.8 Å². The molecule has 7 rings (SSSR count). The summed E-state index contributed by atoms with van der Waals surface area (Å²) in [7, 11) is 0. The zero-order valence-corrected chi connectivity index (χ0v) is 15.6. The third kappa shape index (κ3) is 1.88. The molecule has 0 saturated carbocycles. The van der Waals surface area contributed by atoms with E-state index in [4.69, 9.17) is 11.6 Å². The second-order valence-corrected chi connectivity index (χ2v) is 8.06. The number of amides is 2. The van der Waals surface area contributed by atoms with Gasteiger partial charge >= 0.3 is 0 Å². The molecular formula is C23H16ClN2O2+. The van der Waals surface area contributed by atoms with Crippen LogP contribution < -0.4 is 9.47 Å². The average Bonchev–Trinajstić information content (AvgIpc) is 3.00. The van der Waals surface area contributed by atoms with E-state index in [0.717, 1.165) is 11.3 Å². The molecule has 4 nitrogen and oxygen atoms in total. The van der Waals surface area contributed by atoms with Crippen LogP contribution in [0.15, 0.2) is 72.9 Å². The van der Waals surface area contributed by atoms with Crippen molar-refractivity contribution in [1.82, 2.24) is 0 Å². The molecule has 1 saturated heterocycles. The molecule has 2 amide bonds. The van der Waals surface area contributed by atoms with E-state index in [2.05, 4.69) is 22.8 Å². The summed E-state index contributed by atoms with van der Waals surface area (Å²) in [6.07, 6.45) is 2.03. The van der Waals surface area contributed by atoms with Gasteiger partial charge in [0.2, 0.25) is 11.8 Å². The fourth-order valence-corrected chi connectivity index (χ4v) is 5.47. The van der Waals surface area contributed by atoms with Crippen LogP contribution in [0, 0.1) is 11.8 Å². The Morgan fingerprint density at radius 1 is 0.786 bits per heavy atom.